The predicted molar refractivity (Wildman–Crippen MR) is 123 cm³/mol. The van der Waals surface area contributed by atoms with Crippen molar-refractivity contribution in [2.24, 2.45) is 0 Å². The molecule has 0 aromatic heterocycles. The SMILES string of the molecule is O=P(/C=C(/Cl)c1ccccc1)(/C=C(/Cl)c1ccccc1)Nc1ccc(Cl)cc1. The summed E-state index contributed by atoms with van der Waals surface area (Å²) >= 11 is 18.9. The molecule has 3 aromatic rings. The van der Waals surface area contributed by atoms with Gasteiger partial charge in [0.1, 0.15) is 0 Å². The van der Waals surface area contributed by atoms with Gasteiger partial charge in [-0.25, -0.2) is 0 Å². The smallest absolute Gasteiger partial charge is 0.216 e. The Bertz CT molecular complexity index is 973. The zero-order chi connectivity index (χ0) is 20.0. The van der Waals surface area contributed by atoms with E-state index in [9.17, 15) is 4.57 Å². The first-order valence-electron chi connectivity index (χ1n) is 8.46. The van der Waals surface area contributed by atoms with E-state index in [1.807, 2.05) is 60.7 Å². The van der Waals surface area contributed by atoms with Gasteiger partial charge in [-0.2, -0.15) is 0 Å². The molecule has 0 saturated carbocycles. The molecule has 0 amide bonds. The zero-order valence-corrected chi connectivity index (χ0v) is 17.9. The molecule has 3 aromatic carbocycles. The Morgan fingerprint density at radius 1 is 0.714 bits per heavy atom. The lowest BCUT2D eigenvalue weighted by Crippen LogP contribution is -1.94. The van der Waals surface area contributed by atoms with Gasteiger partial charge in [0.25, 0.3) is 0 Å². The summed E-state index contributed by atoms with van der Waals surface area (Å²) in [6.07, 6.45) is 0. The fourth-order valence-electron chi connectivity index (χ4n) is 2.51. The third-order valence-electron chi connectivity index (χ3n) is 3.86. The van der Waals surface area contributed by atoms with Crippen molar-refractivity contribution in [2.75, 3.05) is 5.09 Å². The highest BCUT2D eigenvalue weighted by atomic mass is 35.5. The first-order chi connectivity index (χ1) is 13.5. The summed E-state index contributed by atoms with van der Waals surface area (Å²) in [6, 6.07) is 25.6. The number of hydrogen-bond donors (Lipinski definition) is 1. The molecule has 0 atom stereocenters. The van der Waals surface area contributed by atoms with Crippen LogP contribution < -0.4 is 5.09 Å². The van der Waals surface area contributed by atoms with Crippen molar-refractivity contribution in [3.8, 4) is 0 Å². The van der Waals surface area contributed by atoms with Gasteiger partial charge < -0.3 is 5.09 Å². The third kappa shape index (κ3) is 5.77. The van der Waals surface area contributed by atoms with Crippen molar-refractivity contribution in [3.05, 3.63) is 113 Å². The highest BCUT2D eigenvalue weighted by Crippen LogP contribution is 2.53. The van der Waals surface area contributed by atoms with Gasteiger partial charge in [0.15, 0.2) is 0 Å². The number of nitrogens with one attached hydrogen (secondary N) is 1. The fourth-order valence-corrected chi connectivity index (χ4v) is 5.48. The molecule has 28 heavy (non-hydrogen) atoms. The number of anilines is 1. The molecular formula is C22H17Cl3NOP. The molecule has 0 spiro atoms. The maximum Gasteiger partial charge on any atom is 0.216 e. The van der Waals surface area contributed by atoms with E-state index in [4.69, 9.17) is 34.8 Å². The Morgan fingerprint density at radius 2 is 1.14 bits per heavy atom. The topological polar surface area (TPSA) is 29.1 Å². The summed E-state index contributed by atoms with van der Waals surface area (Å²) in [6.45, 7) is 0. The van der Waals surface area contributed by atoms with E-state index in [1.165, 1.54) is 11.6 Å². The van der Waals surface area contributed by atoms with Crippen LogP contribution in [0.4, 0.5) is 5.69 Å². The normalized spacial score (nSPS) is 12.7. The van der Waals surface area contributed by atoms with Crippen LogP contribution in [0.2, 0.25) is 5.02 Å². The van der Waals surface area contributed by atoms with Crippen LogP contribution in [0.5, 0.6) is 0 Å². The van der Waals surface area contributed by atoms with Crippen LogP contribution in [0.1, 0.15) is 11.1 Å². The van der Waals surface area contributed by atoms with Crippen molar-refractivity contribution >= 4 is 57.8 Å². The lowest BCUT2D eigenvalue weighted by Gasteiger charge is -2.16. The van der Waals surface area contributed by atoms with Crippen LogP contribution in [0.15, 0.2) is 96.6 Å². The summed E-state index contributed by atoms with van der Waals surface area (Å²) in [7, 11) is -3.28. The minimum absolute atomic E-state index is 0.374. The van der Waals surface area contributed by atoms with Crippen LogP contribution in [0.25, 0.3) is 10.1 Å². The molecule has 0 bridgehead atoms. The Labute approximate surface area is 179 Å². The molecule has 0 fully saturated rings. The van der Waals surface area contributed by atoms with E-state index in [0.717, 1.165) is 11.1 Å². The maximum absolute atomic E-state index is 13.8. The van der Waals surface area contributed by atoms with E-state index in [0.29, 0.717) is 20.8 Å². The first kappa shape index (κ1) is 20.8. The molecule has 6 heteroatoms. The molecule has 0 radical (unpaired) electrons. The molecule has 3 rings (SSSR count). The molecule has 0 heterocycles. The van der Waals surface area contributed by atoms with E-state index in [-0.39, 0.29) is 0 Å². The zero-order valence-electron chi connectivity index (χ0n) is 14.7. The predicted octanol–water partition coefficient (Wildman–Crippen LogP) is 8.50. The average molecular weight is 449 g/mol. The molecular weight excluding hydrogens is 432 g/mol. The monoisotopic (exact) mass is 447 g/mol. The number of benzene rings is 3. The van der Waals surface area contributed by atoms with Gasteiger partial charge in [0, 0.05) is 22.3 Å². The number of halogens is 3. The van der Waals surface area contributed by atoms with Crippen LogP contribution in [-0.4, -0.2) is 0 Å². The summed E-state index contributed by atoms with van der Waals surface area (Å²) < 4.78 is 13.8. The fraction of sp³-hybridized carbons (Fsp3) is 0. The molecule has 0 unspecified atom stereocenters. The maximum atomic E-state index is 13.8. The van der Waals surface area contributed by atoms with Gasteiger partial charge in [-0.1, -0.05) is 95.5 Å². The van der Waals surface area contributed by atoms with Crippen LogP contribution in [0.3, 0.4) is 0 Å². The van der Waals surface area contributed by atoms with Crippen LogP contribution >= 0.6 is 42.1 Å². The Morgan fingerprint density at radius 3 is 1.57 bits per heavy atom. The lowest BCUT2D eigenvalue weighted by molar-refractivity contribution is 0.589. The van der Waals surface area contributed by atoms with E-state index >= 15 is 0 Å². The van der Waals surface area contributed by atoms with Crippen LogP contribution in [0, 0.1) is 0 Å². The second-order valence-corrected chi connectivity index (χ2v) is 9.42. The number of rotatable bonds is 6. The molecule has 0 saturated heterocycles. The second kappa shape index (κ2) is 9.49. The molecule has 142 valence electrons. The van der Waals surface area contributed by atoms with Gasteiger partial charge in [-0.15, -0.1) is 0 Å². The van der Waals surface area contributed by atoms with Gasteiger partial charge in [-0.05, 0) is 35.4 Å². The standard InChI is InChI=1S/C22H17Cl3NOP/c23-19-11-13-20(14-12-19)26-28(27,15-21(24)17-7-3-1-4-8-17)16-22(25)18-9-5-2-6-10-18/h1-16H,(H,26,27)/b21-15+,22-16+. The third-order valence-corrected chi connectivity index (χ3v) is 6.96. The van der Waals surface area contributed by atoms with Crippen molar-refractivity contribution in [1.82, 2.24) is 0 Å². The van der Waals surface area contributed by atoms with Crippen molar-refractivity contribution in [2.45, 2.75) is 0 Å². The summed E-state index contributed by atoms with van der Waals surface area (Å²) in [4.78, 5) is 0. The van der Waals surface area contributed by atoms with Crippen molar-refractivity contribution in [1.29, 1.82) is 0 Å². The molecule has 1 N–H and O–H groups in total. The Kier molecular flexibility index (Phi) is 7.04. The van der Waals surface area contributed by atoms with E-state index < -0.39 is 7.29 Å². The first-order valence-corrected chi connectivity index (χ1v) is 11.4. The molecule has 0 aliphatic rings. The molecule has 2 nitrogen and oxygen atoms in total. The number of hydrogen-bond acceptors (Lipinski definition) is 1. The van der Waals surface area contributed by atoms with Crippen molar-refractivity contribution in [3.63, 3.8) is 0 Å². The molecule has 0 aliphatic carbocycles. The van der Waals surface area contributed by atoms with Gasteiger partial charge in [0.2, 0.25) is 7.29 Å². The lowest BCUT2D eigenvalue weighted by atomic mass is 10.2. The highest BCUT2D eigenvalue weighted by Gasteiger charge is 2.19. The van der Waals surface area contributed by atoms with Gasteiger partial charge in [0.05, 0.1) is 10.1 Å². The summed E-state index contributed by atoms with van der Waals surface area (Å²) in [5.41, 5.74) is 2.19. The van der Waals surface area contributed by atoms with Gasteiger partial charge in [-0.3, -0.25) is 4.57 Å². The average Bonchev–Trinajstić information content (AvgIpc) is 2.71. The summed E-state index contributed by atoms with van der Waals surface area (Å²) in [5, 5.41) is 4.40. The second-order valence-electron chi connectivity index (χ2n) is 6.01. The van der Waals surface area contributed by atoms with Crippen molar-refractivity contribution < 1.29 is 4.57 Å². The molecule has 0 aliphatic heterocycles. The Balaban J connectivity index is 2.02. The van der Waals surface area contributed by atoms with E-state index in [2.05, 4.69) is 5.09 Å². The summed E-state index contributed by atoms with van der Waals surface area (Å²) in [5.74, 6) is 3.04. The highest BCUT2D eigenvalue weighted by molar-refractivity contribution is 7.72. The van der Waals surface area contributed by atoms with E-state index in [1.54, 1.807) is 24.3 Å². The minimum Gasteiger partial charge on any atom is -0.330 e. The van der Waals surface area contributed by atoms with Crippen LogP contribution in [-0.2, 0) is 4.57 Å². The Hall–Kier alpha value is -1.96. The minimum atomic E-state index is -3.28. The largest absolute Gasteiger partial charge is 0.330 e. The quantitative estimate of drug-likeness (QED) is 0.383. The van der Waals surface area contributed by atoms with Gasteiger partial charge >= 0.3 is 0 Å².